The number of hydrogen-bond acceptors (Lipinski definition) is 3. The molecule has 2 aromatic rings. The number of halogens is 1. The van der Waals surface area contributed by atoms with Gasteiger partial charge in [-0.25, -0.2) is 14.8 Å². The van der Waals surface area contributed by atoms with Gasteiger partial charge in [-0.3, -0.25) is 0 Å². The molecular formula is C14H13ClN2O2. The van der Waals surface area contributed by atoms with Crippen molar-refractivity contribution in [1.29, 1.82) is 0 Å². The van der Waals surface area contributed by atoms with Gasteiger partial charge in [-0.1, -0.05) is 36.7 Å². The SMILES string of the molecule is CCc1nc(Cc2ccccc2Cl)ncc1C(=O)O. The van der Waals surface area contributed by atoms with E-state index in [1.165, 1.54) is 6.20 Å². The highest BCUT2D eigenvalue weighted by Crippen LogP contribution is 2.18. The first kappa shape index (κ1) is 13.5. The Bertz CT molecular complexity index is 614. The van der Waals surface area contributed by atoms with Crippen LogP contribution in [0.2, 0.25) is 5.02 Å². The van der Waals surface area contributed by atoms with Gasteiger partial charge in [0.2, 0.25) is 0 Å². The van der Waals surface area contributed by atoms with Gasteiger partial charge in [-0.2, -0.15) is 0 Å². The molecule has 5 heteroatoms. The zero-order valence-electron chi connectivity index (χ0n) is 10.4. The number of benzene rings is 1. The second-order valence-corrected chi connectivity index (χ2v) is 4.48. The molecule has 19 heavy (non-hydrogen) atoms. The van der Waals surface area contributed by atoms with Gasteiger partial charge in [-0.05, 0) is 18.1 Å². The lowest BCUT2D eigenvalue weighted by Gasteiger charge is -2.06. The second kappa shape index (κ2) is 5.80. The third-order valence-corrected chi connectivity index (χ3v) is 3.16. The van der Waals surface area contributed by atoms with E-state index in [4.69, 9.17) is 16.7 Å². The number of aromatic nitrogens is 2. The van der Waals surface area contributed by atoms with Crippen LogP contribution >= 0.6 is 11.6 Å². The summed E-state index contributed by atoms with van der Waals surface area (Å²) >= 11 is 6.08. The Morgan fingerprint density at radius 1 is 1.37 bits per heavy atom. The highest BCUT2D eigenvalue weighted by Gasteiger charge is 2.12. The molecule has 1 aromatic carbocycles. The molecule has 0 unspecified atom stereocenters. The van der Waals surface area contributed by atoms with E-state index in [-0.39, 0.29) is 5.56 Å². The van der Waals surface area contributed by atoms with Crippen molar-refractivity contribution in [2.75, 3.05) is 0 Å². The lowest BCUT2D eigenvalue weighted by atomic mass is 10.1. The summed E-state index contributed by atoms with van der Waals surface area (Å²) in [6, 6.07) is 7.47. The maximum Gasteiger partial charge on any atom is 0.339 e. The molecule has 0 amide bonds. The van der Waals surface area contributed by atoms with E-state index in [2.05, 4.69) is 9.97 Å². The third kappa shape index (κ3) is 3.09. The summed E-state index contributed by atoms with van der Waals surface area (Å²) in [6.45, 7) is 1.87. The Balaban J connectivity index is 2.32. The monoisotopic (exact) mass is 276 g/mol. The largest absolute Gasteiger partial charge is 0.478 e. The molecule has 0 bridgehead atoms. The molecule has 0 aliphatic carbocycles. The van der Waals surface area contributed by atoms with E-state index in [1.54, 1.807) is 0 Å². The van der Waals surface area contributed by atoms with Gasteiger partial charge >= 0.3 is 5.97 Å². The van der Waals surface area contributed by atoms with E-state index in [9.17, 15) is 4.79 Å². The topological polar surface area (TPSA) is 63.1 Å². The molecule has 0 aliphatic heterocycles. The van der Waals surface area contributed by atoms with Crippen LogP contribution in [-0.4, -0.2) is 21.0 Å². The third-order valence-electron chi connectivity index (χ3n) is 2.79. The zero-order chi connectivity index (χ0) is 13.8. The van der Waals surface area contributed by atoms with E-state index in [0.29, 0.717) is 29.4 Å². The van der Waals surface area contributed by atoms with Crippen molar-refractivity contribution >= 4 is 17.6 Å². The summed E-state index contributed by atoms with van der Waals surface area (Å²) in [6.07, 6.45) is 2.41. The molecule has 0 aliphatic rings. The molecule has 0 fully saturated rings. The van der Waals surface area contributed by atoms with Crippen LogP contribution in [0.3, 0.4) is 0 Å². The van der Waals surface area contributed by atoms with Crippen LogP contribution < -0.4 is 0 Å². The van der Waals surface area contributed by atoms with Crippen LogP contribution in [0.4, 0.5) is 0 Å². The minimum absolute atomic E-state index is 0.158. The zero-order valence-corrected chi connectivity index (χ0v) is 11.2. The molecule has 0 spiro atoms. The van der Waals surface area contributed by atoms with Crippen molar-refractivity contribution in [3.63, 3.8) is 0 Å². The van der Waals surface area contributed by atoms with Crippen LogP contribution in [0.1, 0.15) is 34.4 Å². The molecule has 1 aromatic heterocycles. The highest BCUT2D eigenvalue weighted by atomic mass is 35.5. The Kier molecular flexibility index (Phi) is 4.12. The fourth-order valence-electron chi connectivity index (χ4n) is 1.80. The predicted molar refractivity (Wildman–Crippen MR) is 72.6 cm³/mol. The van der Waals surface area contributed by atoms with Gasteiger partial charge in [-0.15, -0.1) is 0 Å². The fraction of sp³-hybridized carbons (Fsp3) is 0.214. The first-order valence-corrected chi connectivity index (χ1v) is 6.31. The highest BCUT2D eigenvalue weighted by molar-refractivity contribution is 6.31. The normalized spacial score (nSPS) is 10.4. The molecule has 0 atom stereocenters. The second-order valence-electron chi connectivity index (χ2n) is 4.07. The Morgan fingerprint density at radius 3 is 2.74 bits per heavy atom. The van der Waals surface area contributed by atoms with Crippen LogP contribution in [0.5, 0.6) is 0 Å². The van der Waals surface area contributed by atoms with E-state index >= 15 is 0 Å². The van der Waals surface area contributed by atoms with Gasteiger partial charge in [0, 0.05) is 17.6 Å². The number of carbonyl (C=O) groups is 1. The minimum atomic E-state index is -0.999. The van der Waals surface area contributed by atoms with Crippen molar-refractivity contribution in [1.82, 2.24) is 9.97 Å². The number of nitrogens with zero attached hydrogens (tertiary/aromatic N) is 2. The van der Waals surface area contributed by atoms with Crippen molar-refractivity contribution in [3.05, 3.63) is 58.1 Å². The quantitative estimate of drug-likeness (QED) is 0.932. The first-order valence-electron chi connectivity index (χ1n) is 5.93. The van der Waals surface area contributed by atoms with Crippen molar-refractivity contribution in [2.24, 2.45) is 0 Å². The number of aromatic carboxylic acids is 1. The molecule has 2 rings (SSSR count). The molecule has 0 saturated carbocycles. The summed E-state index contributed by atoms with van der Waals surface area (Å²) in [5, 5.41) is 9.68. The minimum Gasteiger partial charge on any atom is -0.478 e. The van der Waals surface area contributed by atoms with E-state index < -0.39 is 5.97 Å². The number of aryl methyl sites for hydroxylation is 1. The van der Waals surface area contributed by atoms with Gasteiger partial charge in [0.25, 0.3) is 0 Å². The fourth-order valence-corrected chi connectivity index (χ4v) is 2.01. The Morgan fingerprint density at radius 2 is 2.11 bits per heavy atom. The number of hydrogen-bond donors (Lipinski definition) is 1. The summed E-state index contributed by atoms with van der Waals surface area (Å²) in [5.74, 6) is -0.420. The van der Waals surface area contributed by atoms with Gasteiger partial charge in [0.15, 0.2) is 0 Å². The van der Waals surface area contributed by atoms with Crippen molar-refractivity contribution in [3.8, 4) is 0 Å². The maximum absolute atomic E-state index is 11.0. The first-order chi connectivity index (χ1) is 9.11. The lowest BCUT2D eigenvalue weighted by molar-refractivity contribution is 0.0694. The van der Waals surface area contributed by atoms with Crippen molar-refractivity contribution in [2.45, 2.75) is 19.8 Å². The standard InChI is InChI=1S/C14H13ClN2O2/c1-2-12-10(14(18)19)8-16-13(17-12)7-9-5-3-4-6-11(9)15/h3-6,8H,2,7H2,1H3,(H,18,19). The lowest BCUT2D eigenvalue weighted by Crippen LogP contribution is -2.08. The average Bonchev–Trinajstić information content (AvgIpc) is 2.41. The molecule has 98 valence electrons. The Labute approximate surface area is 116 Å². The van der Waals surface area contributed by atoms with Gasteiger partial charge in [0.1, 0.15) is 5.82 Å². The number of carboxylic acids is 1. The van der Waals surface area contributed by atoms with Crippen molar-refractivity contribution < 1.29 is 9.90 Å². The molecule has 1 heterocycles. The van der Waals surface area contributed by atoms with Crippen LogP contribution in [0.15, 0.2) is 30.5 Å². The average molecular weight is 277 g/mol. The molecule has 1 N–H and O–H groups in total. The van der Waals surface area contributed by atoms with E-state index in [1.807, 2.05) is 31.2 Å². The van der Waals surface area contributed by atoms with Gasteiger partial charge in [0.05, 0.1) is 11.3 Å². The van der Waals surface area contributed by atoms with Crippen LogP contribution in [0.25, 0.3) is 0 Å². The summed E-state index contributed by atoms with van der Waals surface area (Å²) in [7, 11) is 0. The van der Waals surface area contributed by atoms with Crippen LogP contribution in [0, 0.1) is 0 Å². The predicted octanol–water partition coefficient (Wildman–Crippen LogP) is 2.98. The van der Waals surface area contributed by atoms with Crippen LogP contribution in [-0.2, 0) is 12.8 Å². The summed E-state index contributed by atoms with van der Waals surface area (Å²) in [4.78, 5) is 19.4. The smallest absolute Gasteiger partial charge is 0.339 e. The molecule has 0 radical (unpaired) electrons. The molecule has 0 saturated heterocycles. The molecule has 4 nitrogen and oxygen atoms in total. The maximum atomic E-state index is 11.0. The van der Waals surface area contributed by atoms with Gasteiger partial charge < -0.3 is 5.11 Å². The number of carboxylic acid groups (broad SMARTS) is 1. The number of rotatable bonds is 4. The summed E-state index contributed by atoms with van der Waals surface area (Å²) < 4.78 is 0. The Hall–Kier alpha value is -1.94. The van der Waals surface area contributed by atoms with E-state index in [0.717, 1.165) is 5.56 Å². The molecular weight excluding hydrogens is 264 g/mol. The summed E-state index contributed by atoms with van der Waals surface area (Å²) in [5.41, 5.74) is 1.63.